The molecule has 0 spiro atoms. The number of rotatable bonds is 4. The largest absolute Gasteiger partial charge is 0.481 e. The van der Waals surface area contributed by atoms with Crippen LogP contribution in [-0.2, 0) is 11.2 Å². The van der Waals surface area contributed by atoms with Gasteiger partial charge in [-0.2, -0.15) is 8.78 Å². The number of aliphatic carboxylic acids is 1. The van der Waals surface area contributed by atoms with Gasteiger partial charge in [-0.3, -0.25) is 4.79 Å². The van der Waals surface area contributed by atoms with Crippen LogP contribution in [-0.4, -0.2) is 17.7 Å². The first kappa shape index (κ1) is 12.6. The van der Waals surface area contributed by atoms with Gasteiger partial charge in [0.2, 0.25) is 0 Å². The molecule has 0 bridgehead atoms. The molecule has 0 aromatic heterocycles. The highest BCUT2D eigenvalue weighted by molar-refractivity contribution is 6.32. The minimum Gasteiger partial charge on any atom is -0.481 e. The van der Waals surface area contributed by atoms with Crippen LogP contribution in [0.3, 0.4) is 0 Å². The fraction of sp³-hybridized carbons (Fsp3) is 0.222. The molecule has 0 radical (unpaired) electrons. The fourth-order valence-corrected chi connectivity index (χ4v) is 1.29. The minimum atomic E-state index is -3.12. The van der Waals surface area contributed by atoms with Crippen LogP contribution in [0.15, 0.2) is 12.1 Å². The lowest BCUT2D eigenvalue weighted by molar-refractivity contribution is -0.136. The number of ether oxygens (including phenoxy) is 1. The molecule has 0 unspecified atom stereocenters. The van der Waals surface area contributed by atoms with Gasteiger partial charge in [0.15, 0.2) is 0 Å². The van der Waals surface area contributed by atoms with Crippen LogP contribution < -0.4 is 4.74 Å². The molecule has 0 aliphatic carbocycles. The Labute approximate surface area is 93.4 Å². The van der Waals surface area contributed by atoms with Gasteiger partial charge in [-0.15, -0.1) is 0 Å². The van der Waals surface area contributed by atoms with Gasteiger partial charge in [-0.25, -0.2) is 4.39 Å². The molecule has 88 valence electrons. The zero-order chi connectivity index (χ0) is 12.3. The molecule has 3 nitrogen and oxygen atoms in total. The zero-order valence-corrected chi connectivity index (χ0v) is 8.47. The first-order valence-electron chi connectivity index (χ1n) is 4.04. The van der Waals surface area contributed by atoms with Crippen molar-refractivity contribution < 1.29 is 27.8 Å². The van der Waals surface area contributed by atoms with Gasteiger partial charge in [0.25, 0.3) is 0 Å². The molecule has 0 aliphatic rings. The van der Waals surface area contributed by atoms with Crippen molar-refractivity contribution in [3.05, 3.63) is 28.5 Å². The summed E-state index contributed by atoms with van der Waals surface area (Å²) in [6, 6.07) is 1.58. The summed E-state index contributed by atoms with van der Waals surface area (Å²) < 4.78 is 40.8. The van der Waals surface area contributed by atoms with E-state index in [1.54, 1.807) is 0 Å². The van der Waals surface area contributed by atoms with E-state index < -0.39 is 30.6 Å². The summed E-state index contributed by atoms with van der Waals surface area (Å²) in [5.41, 5.74) is -0.195. The standard InChI is InChI=1S/C9H6ClF3O3/c10-5-1-4(2-8(14)15)6(11)3-7(5)16-9(12)13/h1,3,9H,2H2,(H,14,15). The molecule has 7 heteroatoms. The Morgan fingerprint density at radius 3 is 2.62 bits per heavy atom. The van der Waals surface area contributed by atoms with E-state index in [2.05, 4.69) is 4.74 Å². The molecule has 0 amide bonds. The number of carboxylic acid groups (broad SMARTS) is 1. The molecule has 0 atom stereocenters. The summed E-state index contributed by atoms with van der Waals surface area (Å²) in [6.45, 7) is -3.12. The molecule has 16 heavy (non-hydrogen) atoms. The van der Waals surface area contributed by atoms with E-state index in [9.17, 15) is 18.0 Å². The zero-order valence-electron chi connectivity index (χ0n) is 7.71. The number of hydrogen-bond acceptors (Lipinski definition) is 2. The number of halogens is 4. The number of benzene rings is 1. The number of carboxylic acids is 1. The molecule has 1 aromatic carbocycles. The molecule has 1 rings (SSSR count). The molecule has 1 aromatic rings. The average Bonchev–Trinajstić information content (AvgIpc) is 2.11. The van der Waals surface area contributed by atoms with Gasteiger partial charge in [-0.05, 0) is 6.07 Å². The Morgan fingerprint density at radius 1 is 1.50 bits per heavy atom. The van der Waals surface area contributed by atoms with Crippen molar-refractivity contribution in [1.29, 1.82) is 0 Å². The SMILES string of the molecule is O=C(O)Cc1cc(Cl)c(OC(F)F)cc1F. The monoisotopic (exact) mass is 254 g/mol. The Bertz CT molecular complexity index is 409. The molecule has 0 heterocycles. The van der Waals surface area contributed by atoms with Crippen LogP contribution in [0, 0.1) is 5.82 Å². The normalized spacial score (nSPS) is 10.6. The first-order chi connectivity index (χ1) is 7.40. The second kappa shape index (κ2) is 5.07. The second-order valence-electron chi connectivity index (χ2n) is 2.82. The lowest BCUT2D eigenvalue weighted by Gasteiger charge is -2.08. The van der Waals surface area contributed by atoms with Crippen molar-refractivity contribution in [3.63, 3.8) is 0 Å². The highest BCUT2D eigenvalue weighted by Gasteiger charge is 2.14. The summed E-state index contributed by atoms with van der Waals surface area (Å²) >= 11 is 5.51. The third-order valence-electron chi connectivity index (χ3n) is 1.66. The minimum absolute atomic E-state index is 0.195. The number of hydrogen-bond donors (Lipinski definition) is 1. The third kappa shape index (κ3) is 3.30. The van der Waals surface area contributed by atoms with Crippen LogP contribution in [0.1, 0.15) is 5.56 Å². The molecule has 0 aliphatic heterocycles. The lowest BCUT2D eigenvalue weighted by atomic mass is 10.1. The fourth-order valence-electron chi connectivity index (χ4n) is 1.05. The van der Waals surface area contributed by atoms with Gasteiger partial charge in [0.1, 0.15) is 11.6 Å². The predicted octanol–water partition coefficient (Wildman–Crippen LogP) is 2.71. The van der Waals surface area contributed by atoms with E-state index in [0.717, 1.165) is 6.07 Å². The van der Waals surface area contributed by atoms with E-state index in [0.29, 0.717) is 6.07 Å². The van der Waals surface area contributed by atoms with E-state index >= 15 is 0 Å². The Morgan fingerprint density at radius 2 is 2.12 bits per heavy atom. The van der Waals surface area contributed by atoms with Gasteiger partial charge in [-0.1, -0.05) is 11.6 Å². The van der Waals surface area contributed by atoms with Crippen LogP contribution in [0.5, 0.6) is 5.75 Å². The van der Waals surface area contributed by atoms with E-state index in [-0.39, 0.29) is 10.6 Å². The first-order valence-corrected chi connectivity index (χ1v) is 4.42. The smallest absolute Gasteiger partial charge is 0.387 e. The van der Waals surface area contributed by atoms with E-state index in [1.807, 2.05) is 0 Å². The van der Waals surface area contributed by atoms with Crippen molar-refractivity contribution >= 4 is 17.6 Å². The number of alkyl halides is 2. The Balaban J connectivity index is 3.01. The van der Waals surface area contributed by atoms with Gasteiger partial charge >= 0.3 is 12.6 Å². The molecule has 0 saturated carbocycles. The predicted molar refractivity (Wildman–Crippen MR) is 49.4 cm³/mol. The second-order valence-corrected chi connectivity index (χ2v) is 3.23. The quantitative estimate of drug-likeness (QED) is 0.899. The number of carbonyl (C=O) groups is 1. The molecular weight excluding hydrogens is 249 g/mol. The maximum absolute atomic E-state index is 13.2. The van der Waals surface area contributed by atoms with E-state index in [1.165, 1.54) is 0 Å². The van der Waals surface area contributed by atoms with Gasteiger partial charge in [0.05, 0.1) is 11.4 Å². The lowest BCUT2D eigenvalue weighted by Crippen LogP contribution is -2.06. The average molecular weight is 255 g/mol. The molecule has 0 saturated heterocycles. The summed E-state index contributed by atoms with van der Waals surface area (Å²) in [6.07, 6.45) is -0.583. The Kier molecular flexibility index (Phi) is 4.00. The maximum atomic E-state index is 13.2. The van der Waals surface area contributed by atoms with Crippen LogP contribution in [0.4, 0.5) is 13.2 Å². The van der Waals surface area contributed by atoms with Crippen molar-refractivity contribution in [2.24, 2.45) is 0 Å². The van der Waals surface area contributed by atoms with Gasteiger partial charge in [0, 0.05) is 11.6 Å². The van der Waals surface area contributed by atoms with Crippen LogP contribution in [0.25, 0.3) is 0 Å². The van der Waals surface area contributed by atoms with Crippen LogP contribution in [0.2, 0.25) is 5.02 Å². The summed E-state index contributed by atoms with van der Waals surface area (Å²) in [4.78, 5) is 10.3. The highest BCUT2D eigenvalue weighted by Crippen LogP contribution is 2.29. The third-order valence-corrected chi connectivity index (χ3v) is 1.95. The molecule has 0 fully saturated rings. The van der Waals surface area contributed by atoms with Crippen LogP contribution >= 0.6 is 11.6 Å². The molecule has 1 N–H and O–H groups in total. The van der Waals surface area contributed by atoms with Crippen molar-refractivity contribution in [1.82, 2.24) is 0 Å². The summed E-state index contributed by atoms with van der Waals surface area (Å²) in [5, 5.41) is 8.17. The van der Waals surface area contributed by atoms with Crippen molar-refractivity contribution in [2.45, 2.75) is 13.0 Å². The summed E-state index contributed by atoms with van der Waals surface area (Å²) in [7, 11) is 0. The maximum Gasteiger partial charge on any atom is 0.387 e. The van der Waals surface area contributed by atoms with Gasteiger partial charge < -0.3 is 9.84 Å². The van der Waals surface area contributed by atoms with Crippen molar-refractivity contribution in [3.8, 4) is 5.75 Å². The molecular formula is C9H6ClF3O3. The summed E-state index contributed by atoms with van der Waals surface area (Å²) in [5.74, 6) is -2.73. The highest BCUT2D eigenvalue weighted by atomic mass is 35.5. The Hall–Kier alpha value is -1.43. The topological polar surface area (TPSA) is 46.5 Å². The van der Waals surface area contributed by atoms with Crippen molar-refractivity contribution in [2.75, 3.05) is 0 Å². The van der Waals surface area contributed by atoms with E-state index in [4.69, 9.17) is 16.7 Å².